The Hall–Kier alpha value is -1.77. The number of fused-ring (bicyclic) bond motifs is 2. The van der Waals surface area contributed by atoms with Crippen LogP contribution in [0.4, 0.5) is 0 Å². The summed E-state index contributed by atoms with van der Waals surface area (Å²) in [4.78, 5) is 6.10. The second kappa shape index (κ2) is 8.53. The fourth-order valence-corrected chi connectivity index (χ4v) is 5.72. The lowest BCUT2D eigenvalue weighted by Crippen LogP contribution is -2.33. The first-order valence-corrected chi connectivity index (χ1v) is 11.7. The molecule has 1 N–H and O–H groups in total. The summed E-state index contributed by atoms with van der Waals surface area (Å²) in [6.07, 6.45) is 11.5. The molecular weight excluding hydrogens is 376 g/mol. The number of nitrogens with zero attached hydrogens (tertiary/aromatic N) is 1. The Morgan fingerprint density at radius 3 is 2.48 bits per heavy atom. The maximum atomic E-state index is 6.13. The van der Waals surface area contributed by atoms with Crippen LogP contribution >= 0.6 is 11.6 Å². The van der Waals surface area contributed by atoms with E-state index in [0.717, 1.165) is 10.9 Å². The second-order valence-corrected chi connectivity index (χ2v) is 9.53. The SMILES string of the molecule is Clc1ccc2c(C3CCN(CCCCC4Cc5ccccc5C4)CC3)c[nH]c2c1. The van der Waals surface area contributed by atoms with Crippen molar-refractivity contribution in [2.45, 2.75) is 50.9 Å². The minimum absolute atomic E-state index is 0.679. The number of piperidine rings is 1. The van der Waals surface area contributed by atoms with Crippen molar-refractivity contribution in [3.05, 3.63) is 70.4 Å². The van der Waals surface area contributed by atoms with Crippen molar-refractivity contribution in [2.24, 2.45) is 5.92 Å². The molecule has 0 radical (unpaired) electrons. The highest BCUT2D eigenvalue weighted by atomic mass is 35.5. The van der Waals surface area contributed by atoms with Crippen molar-refractivity contribution in [1.29, 1.82) is 0 Å². The van der Waals surface area contributed by atoms with Crippen molar-refractivity contribution in [3.63, 3.8) is 0 Å². The number of unbranched alkanes of at least 4 members (excludes halogenated alkanes) is 1. The first-order valence-electron chi connectivity index (χ1n) is 11.3. The van der Waals surface area contributed by atoms with Gasteiger partial charge < -0.3 is 9.88 Å². The molecule has 3 aromatic rings. The number of H-pyrrole nitrogens is 1. The number of aromatic amines is 1. The van der Waals surface area contributed by atoms with Crippen LogP contribution in [0.3, 0.4) is 0 Å². The molecule has 2 aliphatic rings. The third-order valence-electron chi connectivity index (χ3n) is 7.18. The van der Waals surface area contributed by atoms with E-state index in [2.05, 4.69) is 46.4 Å². The molecule has 29 heavy (non-hydrogen) atoms. The van der Waals surface area contributed by atoms with Gasteiger partial charge in [-0.05, 0) is 98.8 Å². The number of hydrogen-bond acceptors (Lipinski definition) is 1. The zero-order valence-electron chi connectivity index (χ0n) is 17.2. The number of nitrogens with one attached hydrogen (secondary N) is 1. The van der Waals surface area contributed by atoms with Gasteiger partial charge in [0.15, 0.2) is 0 Å². The molecule has 0 amide bonds. The van der Waals surface area contributed by atoms with Gasteiger partial charge in [-0.15, -0.1) is 0 Å². The topological polar surface area (TPSA) is 19.0 Å². The molecule has 2 nitrogen and oxygen atoms in total. The van der Waals surface area contributed by atoms with Gasteiger partial charge in [0, 0.05) is 22.1 Å². The Labute approximate surface area is 179 Å². The lowest BCUT2D eigenvalue weighted by molar-refractivity contribution is 0.207. The van der Waals surface area contributed by atoms with Crippen molar-refractivity contribution < 1.29 is 0 Å². The second-order valence-electron chi connectivity index (χ2n) is 9.09. The van der Waals surface area contributed by atoms with Crippen LogP contribution in [0.5, 0.6) is 0 Å². The molecule has 1 saturated heterocycles. The van der Waals surface area contributed by atoms with Crippen molar-refractivity contribution >= 4 is 22.5 Å². The van der Waals surface area contributed by atoms with Crippen molar-refractivity contribution in [2.75, 3.05) is 19.6 Å². The first-order chi connectivity index (χ1) is 14.3. The molecule has 152 valence electrons. The molecule has 0 atom stereocenters. The maximum absolute atomic E-state index is 6.13. The van der Waals surface area contributed by atoms with E-state index < -0.39 is 0 Å². The van der Waals surface area contributed by atoms with Gasteiger partial charge in [-0.3, -0.25) is 0 Å². The molecule has 3 heteroatoms. The largest absolute Gasteiger partial charge is 0.361 e. The normalized spacial score (nSPS) is 18.5. The van der Waals surface area contributed by atoms with Gasteiger partial charge in [0.2, 0.25) is 0 Å². The molecule has 0 saturated carbocycles. The van der Waals surface area contributed by atoms with Crippen LogP contribution in [0.25, 0.3) is 10.9 Å². The highest BCUT2D eigenvalue weighted by molar-refractivity contribution is 6.31. The van der Waals surface area contributed by atoms with Gasteiger partial charge in [-0.1, -0.05) is 48.4 Å². The monoisotopic (exact) mass is 406 g/mol. The lowest BCUT2D eigenvalue weighted by atomic mass is 9.89. The molecule has 2 aromatic carbocycles. The minimum atomic E-state index is 0.679. The van der Waals surface area contributed by atoms with Gasteiger partial charge in [-0.25, -0.2) is 0 Å². The quantitative estimate of drug-likeness (QED) is 0.457. The van der Waals surface area contributed by atoms with E-state index in [1.165, 1.54) is 81.0 Å². The average molecular weight is 407 g/mol. The summed E-state index contributed by atoms with van der Waals surface area (Å²) in [5.41, 5.74) is 5.85. The molecule has 0 unspecified atom stereocenters. The Bertz CT molecular complexity index is 943. The Balaban J connectivity index is 1.05. The van der Waals surface area contributed by atoms with Crippen LogP contribution < -0.4 is 0 Å². The Morgan fingerprint density at radius 1 is 0.966 bits per heavy atom. The molecular formula is C26H31ClN2. The maximum Gasteiger partial charge on any atom is 0.0471 e. The number of likely N-dealkylation sites (tertiary alicyclic amines) is 1. The van der Waals surface area contributed by atoms with E-state index >= 15 is 0 Å². The Kier molecular flexibility index (Phi) is 5.65. The zero-order chi connectivity index (χ0) is 19.6. The summed E-state index contributed by atoms with van der Waals surface area (Å²) >= 11 is 6.13. The van der Waals surface area contributed by atoms with Gasteiger partial charge in [-0.2, -0.15) is 0 Å². The fraction of sp³-hybridized carbons (Fsp3) is 0.462. The molecule has 2 heterocycles. The standard InChI is InChI=1S/C26H31ClN2/c27-23-8-9-24-25(18-28-26(24)17-23)20-10-13-29(14-11-20)12-4-3-5-19-15-21-6-1-2-7-22(21)16-19/h1-2,6-9,17-20,28H,3-5,10-16H2. The zero-order valence-corrected chi connectivity index (χ0v) is 17.9. The van der Waals surface area contributed by atoms with Crippen molar-refractivity contribution in [1.82, 2.24) is 9.88 Å². The first kappa shape index (κ1) is 19.2. The van der Waals surface area contributed by atoms with E-state index in [0.29, 0.717) is 5.92 Å². The summed E-state index contributed by atoms with van der Waals surface area (Å²) in [5, 5.41) is 2.16. The van der Waals surface area contributed by atoms with E-state index in [1.54, 1.807) is 11.1 Å². The highest BCUT2D eigenvalue weighted by Gasteiger charge is 2.23. The number of halogens is 1. The molecule has 1 aliphatic heterocycles. The Morgan fingerprint density at radius 2 is 1.72 bits per heavy atom. The van der Waals surface area contributed by atoms with Crippen LogP contribution in [0.2, 0.25) is 5.02 Å². The summed E-state index contributed by atoms with van der Waals surface area (Å²) in [6, 6.07) is 15.3. The van der Waals surface area contributed by atoms with E-state index in [-0.39, 0.29) is 0 Å². The van der Waals surface area contributed by atoms with Crippen LogP contribution in [0, 0.1) is 5.92 Å². The third kappa shape index (κ3) is 4.25. The summed E-state index contributed by atoms with van der Waals surface area (Å²) in [7, 11) is 0. The van der Waals surface area contributed by atoms with Gasteiger partial charge >= 0.3 is 0 Å². The van der Waals surface area contributed by atoms with Crippen molar-refractivity contribution in [3.8, 4) is 0 Å². The summed E-state index contributed by atoms with van der Waals surface area (Å²) < 4.78 is 0. The van der Waals surface area contributed by atoms with Crippen LogP contribution in [0.1, 0.15) is 54.7 Å². The van der Waals surface area contributed by atoms with Gasteiger partial charge in [0.25, 0.3) is 0 Å². The smallest absolute Gasteiger partial charge is 0.0471 e. The highest BCUT2D eigenvalue weighted by Crippen LogP contribution is 2.34. The molecule has 1 fully saturated rings. The number of rotatable bonds is 6. The van der Waals surface area contributed by atoms with Gasteiger partial charge in [0.1, 0.15) is 0 Å². The average Bonchev–Trinajstić information content (AvgIpc) is 3.35. The molecule has 5 rings (SSSR count). The van der Waals surface area contributed by atoms with Crippen LogP contribution in [-0.2, 0) is 12.8 Å². The minimum Gasteiger partial charge on any atom is -0.361 e. The van der Waals surface area contributed by atoms with Crippen LogP contribution in [-0.4, -0.2) is 29.5 Å². The molecule has 1 aromatic heterocycles. The summed E-state index contributed by atoms with van der Waals surface area (Å²) in [6.45, 7) is 3.75. The molecule has 1 aliphatic carbocycles. The molecule has 0 spiro atoms. The predicted octanol–water partition coefficient (Wildman–Crippen LogP) is 6.59. The van der Waals surface area contributed by atoms with E-state index in [9.17, 15) is 0 Å². The number of hydrogen-bond donors (Lipinski definition) is 1. The number of aromatic nitrogens is 1. The van der Waals surface area contributed by atoms with Crippen LogP contribution in [0.15, 0.2) is 48.7 Å². The van der Waals surface area contributed by atoms with Gasteiger partial charge in [0.05, 0.1) is 0 Å². The predicted molar refractivity (Wildman–Crippen MR) is 123 cm³/mol. The molecule has 0 bridgehead atoms. The van der Waals surface area contributed by atoms with E-state index in [4.69, 9.17) is 11.6 Å². The third-order valence-corrected chi connectivity index (χ3v) is 7.41. The lowest BCUT2D eigenvalue weighted by Gasteiger charge is -2.32. The summed E-state index contributed by atoms with van der Waals surface area (Å²) in [5.74, 6) is 1.56. The number of benzene rings is 2. The fourth-order valence-electron chi connectivity index (χ4n) is 5.55. The van der Waals surface area contributed by atoms with E-state index in [1.807, 2.05) is 12.1 Å².